The molecule has 0 aliphatic carbocycles. The second-order valence-electron chi connectivity index (χ2n) is 8.77. The van der Waals surface area contributed by atoms with E-state index in [2.05, 4.69) is 32.8 Å². The third-order valence-electron chi connectivity index (χ3n) is 6.43. The first kappa shape index (κ1) is 23.3. The zero-order chi connectivity index (χ0) is 25.3. The molecular formula is C25H25N7O4. The van der Waals surface area contributed by atoms with E-state index >= 15 is 0 Å². The normalized spacial score (nSPS) is 20.9. The predicted molar refractivity (Wildman–Crippen MR) is 130 cm³/mol. The van der Waals surface area contributed by atoms with E-state index in [-0.39, 0.29) is 19.0 Å². The van der Waals surface area contributed by atoms with Crippen molar-refractivity contribution in [1.29, 1.82) is 5.41 Å². The summed E-state index contributed by atoms with van der Waals surface area (Å²) in [5, 5.41) is 16.5. The van der Waals surface area contributed by atoms with Gasteiger partial charge in [-0.3, -0.25) is 25.3 Å². The number of carbonyl (C=O) groups is 3. The van der Waals surface area contributed by atoms with Crippen LogP contribution < -0.4 is 20.7 Å². The number of imide groups is 1. The maximum absolute atomic E-state index is 13.0. The Hall–Kier alpha value is -4.43. The standard InChI is InChI=1S/C25H25N7O4/c1-36-18-4-3-17-14-32(22(33)19(17)12-18)15-25(23(34)29-24(35)30-25)7-6-16-2-5-20(28-13-16)21(26)31-10-8-27-9-11-31/h2-5,12-13,26-27H,8-11,14-15H2,1H3,(H2,29,30,34,35). The van der Waals surface area contributed by atoms with Gasteiger partial charge in [-0.25, -0.2) is 4.79 Å². The second kappa shape index (κ2) is 9.31. The minimum atomic E-state index is -1.61. The van der Waals surface area contributed by atoms with Gasteiger partial charge in [-0.2, -0.15) is 0 Å². The zero-order valence-corrected chi connectivity index (χ0v) is 19.7. The average Bonchev–Trinajstić information content (AvgIpc) is 3.36. The number of hydrogen-bond donors (Lipinski definition) is 4. The number of hydrogen-bond acceptors (Lipinski definition) is 7. The van der Waals surface area contributed by atoms with Crippen LogP contribution in [-0.4, -0.2) is 83.8 Å². The molecule has 1 unspecified atom stereocenters. The van der Waals surface area contributed by atoms with Gasteiger partial charge in [-0.1, -0.05) is 17.9 Å². The first-order chi connectivity index (χ1) is 17.4. The Labute approximate surface area is 207 Å². The van der Waals surface area contributed by atoms with E-state index in [4.69, 9.17) is 10.1 Å². The van der Waals surface area contributed by atoms with Gasteiger partial charge in [0.15, 0.2) is 0 Å². The number of methoxy groups -OCH3 is 1. The maximum Gasteiger partial charge on any atom is 0.323 e. The molecule has 0 saturated carbocycles. The fraction of sp³-hybridized carbons (Fsp3) is 0.320. The largest absolute Gasteiger partial charge is 0.497 e. The molecule has 1 atom stereocenters. The number of nitrogens with zero attached hydrogens (tertiary/aromatic N) is 3. The van der Waals surface area contributed by atoms with Crippen molar-refractivity contribution in [1.82, 2.24) is 30.7 Å². The molecule has 11 nitrogen and oxygen atoms in total. The SMILES string of the molecule is COc1ccc2c(c1)C(=O)N(CC1(C#Cc3ccc(C(=N)N4CCNCC4)nc3)NC(=O)NC1=O)C2. The summed E-state index contributed by atoms with van der Waals surface area (Å²) in [6.45, 7) is 3.29. The molecule has 4 heterocycles. The topological polar surface area (TPSA) is 140 Å². The first-order valence-corrected chi connectivity index (χ1v) is 11.5. The highest BCUT2D eigenvalue weighted by Crippen LogP contribution is 2.28. The van der Waals surface area contributed by atoms with E-state index in [1.54, 1.807) is 24.3 Å². The number of fused-ring (bicyclic) bond motifs is 1. The second-order valence-corrected chi connectivity index (χ2v) is 8.77. The molecule has 184 valence electrons. The number of aromatic nitrogens is 1. The number of pyridine rings is 1. The fourth-order valence-corrected chi connectivity index (χ4v) is 4.45. The van der Waals surface area contributed by atoms with E-state index in [9.17, 15) is 14.4 Å². The number of rotatable bonds is 4. The Morgan fingerprint density at radius 1 is 1.19 bits per heavy atom. The highest BCUT2D eigenvalue weighted by molar-refractivity contribution is 6.10. The molecule has 0 bridgehead atoms. The summed E-state index contributed by atoms with van der Waals surface area (Å²) in [7, 11) is 1.53. The minimum Gasteiger partial charge on any atom is -0.497 e. The average molecular weight is 488 g/mol. The summed E-state index contributed by atoms with van der Waals surface area (Å²) in [6, 6.07) is 8.00. The smallest absolute Gasteiger partial charge is 0.323 e. The van der Waals surface area contributed by atoms with Crippen molar-refractivity contribution in [3.63, 3.8) is 0 Å². The fourth-order valence-electron chi connectivity index (χ4n) is 4.45. The lowest BCUT2D eigenvalue weighted by Crippen LogP contribution is -2.54. The van der Waals surface area contributed by atoms with E-state index in [1.807, 2.05) is 11.0 Å². The summed E-state index contributed by atoms with van der Waals surface area (Å²) < 4.78 is 5.21. The summed E-state index contributed by atoms with van der Waals surface area (Å²) in [5.41, 5.74) is 0.737. The number of ether oxygens (including phenoxy) is 1. The van der Waals surface area contributed by atoms with Gasteiger partial charge in [-0.05, 0) is 29.8 Å². The van der Waals surface area contributed by atoms with E-state index in [0.29, 0.717) is 28.4 Å². The highest BCUT2D eigenvalue weighted by Gasteiger charge is 2.48. The van der Waals surface area contributed by atoms with Crippen LogP contribution >= 0.6 is 0 Å². The van der Waals surface area contributed by atoms with E-state index in [0.717, 1.165) is 31.7 Å². The van der Waals surface area contributed by atoms with Gasteiger partial charge in [0.05, 0.1) is 13.7 Å². The zero-order valence-electron chi connectivity index (χ0n) is 19.7. The summed E-state index contributed by atoms with van der Waals surface area (Å²) in [6.07, 6.45) is 1.53. The molecule has 2 aromatic rings. The van der Waals surface area contributed by atoms with Crippen LogP contribution in [0, 0.1) is 17.3 Å². The molecule has 1 aromatic carbocycles. The lowest BCUT2D eigenvalue weighted by molar-refractivity contribution is -0.122. The van der Waals surface area contributed by atoms with Crippen LogP contribution in [-0.2, 0) is 11.3 Å². The predicted octanol–water partition coefficient (Wildman–Crippen LogP) is -0.0935. The van der Waals surface area contributed by atoms with Crippen LogP contribution in [0.2, 0.25) is 0 Å². The molecule has 3 aliphatic heterocycles. The number of amidine groups is 1. The molecule has 2 fully saturated rings. The van der Waals surface area contributed by atoms with Crippen molar-refractivity contribution in [3.05, 3.63) is 58.9 Å². The lowest BCUT2D eigenvalue weighted by atomic mass is 9.99. The highest BCUT2D eigenvalue weighted by atomic mass is 16.5. The van der Waals surface area contributed by atoms with Crippen LogP contribution in [0.15, 0.2) is 36.5 Å². The number of nitrogens with one attached hydrogen (secondary N) is 4. The number of carbonyl (C=O) groups excluding carboxylic acids is 3. The van der Waals surface area contributed by atoms with Crippen molar-refractivity contribution in [3.8, 4) is 17.6 Å². The molecule has 0 radical (unpaired) electrons. The third-order valence-corrected chi connectivity index (χ3v) is 6.43. The molecule has 0 spiro atoms. The van der Waals surface area contributed by atoms with Crippen molar-refractivity contribution < 1.29 is 19.1 Å². The Kier molecular flexibility index (Phi) is 6.03. The van der Waals surface area contributed by atoms with Gasteiger partial charge in [0, 0.05) is 50.0 Å². The van der Waals surface area contributed by atoms with Crippen LogP contribution in [0.25, 0.3) is 0 Å². The Bertz CT molecular complexity index is 1310. The Balaban J connectivity index is 1.36. The molecule has 36 heavy (non-hydrogen) atoms. The molecular weight excluding hydrogens is 462 g/mol. The summed E-state index contributed by atoms with van der Waals surface area (Å²) in [4.78, 5) is 45.7. The van der Waals surface area contributed by atoms with Gasteiger partial charge < -0.3 is 25.2 Å². The number of amides is 4. The molecule has 11 heteroatoms. The monoisotopic (exact) mass is 487 g/mol. The molecule has 1 aromatic heterocycles. The minimum absolute atomic E-state index is 0.118. The van der Waals surface area contributed by atoms with E-state index in [1.165, 1.54) is 18.2 Å². The van der Waals surface area contributed by atoms with Crippen LogP contribution in [0.4, 0.5) is 4.79 Å². The summed E-state index contributed by atoms with van der Waals surface area (Å²) in [5.74, 6) is 5.81. The van der Waals surface area contributed by atoms with Crippen molar-refractivity contribution in [2.24, 2.45) is 0 Å². The summed E-state index contributed by atoms with van der Waals surface area (Å²) >= 11 is 0. The van der Waals surface area contributed by atoms with E-state index < -0.39 is 17.5 Å². The first-order valence-electron chi connectivity index (χ1n) is 11.5. The Morgan fingerprint density at radius 2 is 2.00 bits per heavy atom. The van der Waals surface area contributed by atoms with Gasteiger partial charge in [0.1, 0.15) is 17.3 Å². The Morgan fingerprint density at radius 3 is 2.67 bits per heavy atom. The molecule has 4 amide bonds. The van der Waals surface area contributed by atoms with Crippen LogP contribution in [0.3, 0.4) is 0 Å². The van der Waals surface area contributed by atoms with Crippen molar-refractivity contribution in [2.45, 2.75) is 12.1 Å². The maximum atomic E-state index is 13.0. The van der Waals surface area contributed by atoms with Gasteiger partial charge >= 0.3 is 6.03 Å². The molecule has 4 N–H and O–H groups in total. The van der Waals surface area contributed by atoms with Crippen molar-refractivity contribution in [2.75, 3.05) is 39.8 Å². The van der Waals surface area contributed by atoms with Gasteiger partial charge in [-0.15, -0.1) is 0 Å². The van der Waals surface area contributed by atoms with Crippen molar-refractivity contribution >= 4 is 23.7 Å². The number of benzene rings is 1. The lowest BCUT2D eigenvalue weighted by Gasteiger charge is -2.29. The number of piperazine rings is 1. The number of urea groups is 1. The van der Waals surface area contributed by atoms with Gasteiger partial charge in [0.2, 0.25) is 5.54 Å². The molecule has 2 saturated heterocycles. The quantitative estimate of drug-likeness (QED) is 0.204. The van der Waals surface area contributed by atoms with Crippen LogP contribution in [0.1, 0.15) is 27.2 Å². The third kappa shape index (κ3) is 4.34. The van der Waals surface area contributed by atoms with Gasteiger partial charge in [0.25, 0.3) is 11.8 Å². The molecule has 3 aliphatic rings. The van der Waals surface area contributed by atoms with Crippen LogP contribution in [0.5, 0.6) is 5.75 Å². The molecule has 5 rings (SSSR count).